The molecule has 0 aliphatic heterocycles. The van der Waals surface area contributed by atoms with Crippen LogP contribution in [0.25, 0.3) is 0 Å². The minimum Gasteiger partial charge on any atom is -0.391 e. The van der Waals surface area contributed by atoms with Crippen LogP contribution in [0.4, 0.5) is 0 Å². The lowest BCUT2D eigenvalue weighted by molar-refractivity contribution is -0.118. The largest absolute Gasteiger partial charge is 0.391 e. The Morgan fingerprint density at radius 3 is 1.43 bits per heavy atom. The van der Waals surface area contributed by atoms with E-state index in [1.54, 1.807) is 20.8 Å². The molecule has 0 aromatic rings. The SMILES string of the molecule is CC(C)(C)O.CCCC(N)=O.Cl.Cl.Cl. The van der Waals surface area contributed by atoms with Crippen molar-refractivity contribution < 1.29 is 9.90 Å². The smallest absolute Gasteiger partial charge is 0.217 e. The third-order valence-corrected chi connectivity index (χ3v) is 0.496. The number of carbonyl (C=O) groups excluding carboxylic acids is 1. The molecule has 0 aliphatic carbocycles. The van der Waals surface area contributed by atoms with Gasteiger partial charge >= 0.3 is 0 Å². The van der Waals surface area contributed by atoms with Gasteiger partial charge in [0.25, 0.3) is 0 Å². The first-order chi connectivity index (χ1) is 4.77. The third kappa shape index (κ3) is 144. The van der Waals surface area contributed by atoms with Crippen LogP contribution in [-0.2, 0) is 4.79 Å². The summed E-state index contributed by atoms with van der Waals surface area (Å²) in [5.41, 5.74) is 4.26. The zero-order valence-electron chi connectivity index (χ0n) is 9.07. The number of hydrogen-bond acceptors (Lipinski definition) is 2. The summed E-state index contributed by atoms with van der Waals surface area (Å²) < 4.78 is 0. The van der Waals surface area contributed by atoms with E-state index in [2.05, 4.69) is 0 Å². The lowest BCUT2D eigenvalue weighted by atomic mass is 10.2. The summed E-state index contributed by atoms with van der Waals surface area (Å²) in [6.07, 6.45) is 1.37. The molecule has 0 bridgehead atoms. The molecule has 0 aromatic heterocycles. The molecule has 92 valence electrons. The first-order valence-corrected chi connectivity index (χ1v) is 3.78. The highest BCUT2D eigenvalue weighted by molar-refractivity contribution is 5.86. The topological polar surface area (TPSA) is 63.3 Å². The standard InChI is InChI=1S/C4H9NO.C4H10O.3ClH/c1-2-3-4(5)6;1-4(2,3)5;;;/h2-3H2,1H3,(H2,5,6);5H,1-3H3;3*1H. The van der Waals surface area contributed by atoms with Gasteiger partial charge in [-0.25, -0.2) is 0 Å². The van der Waals surface area contributed by atoms with Gasteiger partial charge in [-0.3, -0.25) is 4.79 Å². The predicted octanol–water partition coefficient (Wildman–Crippen LogP) is 2.31. The second kappa shape index (κ2) is 15.8. The second-order valence-corrected chi connectivity index (χ2v) is 3.39. The number of primary amides is 1. The maximum absolute atomic E-state index is 9.82. The number of amides is 1. The molecular weight excluding hydrogens is 248 g/mol. The van der Waals surface area contributed by atoms with Gasteiger partial charge in [0, 0.05) is 6.42 Å². The van der Waals surface area contributed by atoms with Crippen LogP contribution < -0.4 is 5.73 Å². The van der Waals surface area contributed by atoms with Gasteiger partial charge in [-0.05, 0) is 27.2 Å². The van der Waals surface area contributed by atoms with Gasteiger partial charge in [0.1, 0.15) is 0 Å². The summed E-state index contributed by atoms with van der Waals surface area (Å²) in [6, 6.07) is 0. The molecule has 0 spiro atoms. The van der Waals surface area contributed by atoms with Gasteiger partial charge < -0.3 is 10.8 Å². The van der Waals surface area contributed by atoms with Crippen molar-refractivity contribution in [2.75, 3.05) is 0 Å². The van der Waals surface area contributed by atoms with Gasteiger partial charge in [-0.2, -0.15) is 0 Å². The van der Waals surface area contributed by atoms with E-state index < -0.39 is 5.60 Å². The molecular formula is C8H22Cl3NO2. The summed E-state index contributed by atoms with van der Waals surface area (Å²) in [7, 11) is 0. The van der Waals surface area contributed by atoms with Crippen molar-refractivity contribution in [3.63, 3.8) is 0 Å². The maximum atomic E-state index is 9.82. The first kappa shape index (κ1) is 29.2. The average molecular weight is 271 g/mol. The Bertz CT molecular complexity index is 110. The van der Waals surface area contributed by atoms with Crippen LogP contribution in [-0.4, -0.2) is 16.6 Å². The molecule has 3 nitrogen and oxygen atoms in total. The highest BCUT2D eigenvalue weighted by Gasteiger charge is 1.97. The number of halogens is 3. The number of hydrogen-bond donors (Lipinski definition) is 2. The van der Waals surface area contributed by atoms with Crippen molar-refractivity contribution >= 4 is 43.1 Å². The quantitative estimate of drug-likeness (QED) is 0.809. The van der Waals surface area contributed by atoms with Gasteiger partial charge in [0.2, 0.25) is 5.91 Å². The zero-order chi connectivity index (χ0) is 9.49. The molecule has 1 amide bonds. The molecule has 0 rings (SSSR count). The Kier molecular flexibility index (Phi) is 32.9. The monoisotopic (exact) mass is 269 g/mol. The molecule has 0 saturated heterocycles. The third-order valence-electron chi connectivity index (χ3n) is 0.496. The van der Waals surface area contributed by atoms with E-state index in [9.17, 15) is 4.79 Å². The van der Waals surface area contributed by atoms with Crippen LogP contribution >= 0.6 is 37.2 Å². The minimum absolute atomic E-state index is 0. The molecule has 0 atom stereocenters. The van der Waals surface area contributed by atoms with E-state index in [0.717, 1.165) is 6.42 Å². The molecule has 6 heteroatoms. The van der Waals surface area contributed by atoms with E-state index in [0.29, 0.717) is 6.42 Å². The summed E-state index contributed by atoms with van der Waals surface area (Å²) in [5.74, 6) is -0.211. The Hall–Kier alpha value is 0.300. The predicted molar refractivity (Wildman–Crippen MR) is 67.8 cm³/mol. The highest BCUT2D eigenvalue weighted by Crippen LogP contribution is 1.93. The molecule has 0 fully saturated rings. The van der Waals surface area contributed by atoms with Crippen LogP contribution in [0.15, 0.2) is 0 Å². The van der Waals surface area contributed by atoms with Crippen molar-refractivity contribution in [1.82, 2.24) is 0 Å². The zero-order valence-corrected chi connectivity index (χ0v) is 11.5. The maximum Gasteiger partial charge on any atom is 0.217 e. The summed E-state index contributed by atoms with van der Waals surface area (Å²) in [6.45, 7) is 7.15. The fourth-order valence-corrected chi connectivity index (χ4v) is 0.246. The van der Waals surface area contributed by atoms with Crippen molar-refractivity contribution in [2.45, 2.75) is 46.1 Å². The van der Waals surface area contributed by atoms with Gasteiger partial charge in [0.05, 0.1) is 5.60 Å². The number of nitrogens with two attached hydrogens (primary N) is 1. The van der Waals surface area contributed by atoms with Crippen LogP contribution in [0.5, 0.6) is 0 Å². The number of rotatable bonds is 2. The lowest BCUT2D eigenvalue weighted by Gasteiger charge is -2.04. The lowest BCUT2D eigenvalue weighted by Crippen LogP contribution is -2.10. The van der Waals surface area contributed by atoms with Crippen molar-refractivity contribution in [1.29, 1.82) is 0 Å². The molecule has 3 N–H and O–H groups in total. The van der Waals surface area contributed by atoms with Crippen molar-refractivity contribution in [2.24, 2.45) is 5.73 Å². The summed E-state index contributed by atoms with van der Waals surface area (Å²) in [4.78, 5) is 9.82. The minimum atomic E-state index is -0.500. The molecule has 14 heavy (non-hydrogen) atoms. The number of carbonyl (C=O) groups is 1. The van der Waals surface area contributed by atoms with Crippen molar-refractivity contribution in [3.05, 3.63) is 0 Å². The van der Waals surface area contributed by atoms with Crippen LogP contribution in [0.2, 0.25) is 0 Å². The first-order valence-electron chi connectivity index (χ1n) is 3.78. The van der Waals surface area contributed by atoms with E-state index >= 15 is 0 Å². The van der Waals surface area contributed by atoms with E-state index in [-0.39, 0.29) is 43.1 Å². The molecule has 0 radical (unpaired) electrons. The molecule has 0 aromatic carbocycles. The number of aliphatic hydroxyl groups is 1. The van der Waals surface area contributed by atoms with Crippen LogP contribution in [0.1, 0.15) is 40.5 Å². The van der Waals surface area contributed by atoms with Gasteiger partial charge in [0.15, 0.2) is 0 Å². The average Bonchev–Trinajstić information content (AvgIpc) is 1.58. The molecule has 0 aliphatic rings. The molecule has 0 saturated carbocycles. The highest BCUT2D eigenvalue weighted by atomic mass is 35.5. The Morgan fingerprint density at radius 1 is 1.21 bits per heavy atom. The molecule has 0 heterocycles. The van der Waals surface area contributed by atoms with Gasteiger partial charge in [-0.15, -0.1) is 37.2 Å². The van der Waals surface area contributed by atoms with E-state index in [4.69, 9.17) is 10.8 Å². The normalized spacial score (nSPS) is 7.79. The van der Waals surface area contributed by atoms with Gasteiger partial charge in [-0.1, -0.05) is 6.92 Å². The van der Waals surface area contributed by atoms with Crippen molar-refractivity contribution in [3.8, 4) is 0 Å². The van der Waals surface area contributed by atoms with E-state index in [1.165, 1.54) is 0 Å². The second-order valence-electron chi connectivity index (χ2n) is 3.39. The summed E-state index contributed by atoms with van der Waals surface area (Å²) in [5, 5.41) is 8.52. The summed E-state index contributed by atoms with van der Waals surface area (Å²) >= 11 is 0. The Balaban J connectivity index is -0.0000000321. The Labute approximate surface area is 105 Å². The fourth-order valence-electron chi connectivity index (χ4n) is 0.246. The molecule has 0 unspecified atom stereocenters. The Morgan fingerprint density at radius 2 is 1.43 bits per heavy atom. The van der Waals surface area contributed by atoms with Crippen LogP contribution in [0, 0.1) is 0 Å². The van der Waals surface area contributed by atoms with Crippen LogP contribution in [0.3, 0.4) is 0 Å². The van der Waals surface area contributed by atoms with E-state index in [1.807, 2.05) is 6.92 Å². The fraction of sp³-hybridized carbons (Fsp3) is 0.875.